The van der Waals surface area contributed by atoms with Crippen LogP contribution in [0.5, 0.6) is 0 Å². The Morgan fingerprint density at radius 2 is 2.21 bits per heavy atom. The zero-order valence-corrected chi connectivity index (χ0v) is 11.9. The molecule has 1 N–H and O–H groups in total. The first-order valence-electron chi connectivity index (χ1n) is 6.23. The summed E-state index contributed by atoms with van der Waals surface area (Å²) in [5.74, 6) is 0. The normalized spacial score (nSPS) is 22.2. The monoisotopic (exact) mass is 323 g/mol. The van der Waals surface area contributed by atoms with Crippen molar-refractivity contribution in [2.45, 2.75) is 6.04 Å². The predicted octanol–water partition coefficient (Wildman–Crippen LogP) is 1.48. The molecular formula is C13H14BrN3O2. The SMILES string of the molecule is O=Cc1ccc(N2CCN3C(=O)NCC3C2)cc1Br. The molecule has 0 radical (unpaired) electrons. The molecule has 100 valence electrons. The fourth-order valence-electron chi connectivity index (χ4n) is 2.65. The molecular weight excluding hydrogens is 310 g/mol. The van der Waals surface area contributed by atoms with Gasteiger partial charge < -0.3 is 15.1 Å². The number of carbonyl (C=O) groups is 2. The molecule has 0 spiro atoms. The van der Waals surface area contributed by atoms with Gasteiger partial charge in [0.2, 0.25) is 0 Å². The largest absolute Gasteiger partial charge is 0.368 e. The molecule has 0 aliphatic carbocycles. The van der Waals surface area contributed by atoms with Crippen molar-refractivity contribution in [2.75, 3.05) is 31.1 Å². The molecule has 19 heavy (non-hydrogen) atoms. The third kappa shape index (κ3) is 2.20. The van der Waals surface area contributed by atoms with Gasteiger partial charge in [-0.1, -0.05) is 0 Å². The van der Waals surface area contributed by atoms with Gasteiger partial charge in [0, 0.05) is 41.9 Å². The van der Waals surface area contributed by atoms with Crippen LogP contribution in [0.3, 0.4) is 0 Å². The Kier molecular flexibility index (Phi) is 3.18. The lowest BCUT2D eigenvalue weighted by Crippen LogP contribution is -2.52. The summed E-state index contributed by atoms with van der Waals surface area (Å²) in [4.78, 5) is 26.5. The van der Waals surface area contributed by atoms with Gasteiger partial charge in [0.05, 0.1) is 6.04 Å². The summed E-state index contributed by atoms with van der Waals surface area (Å²) >= 11 is 3.41. The van der Waals surface area contributed by atoms with Crippen LogP contribution in [-0.4, -0.2) is 49.4 Å². The van der Waals surface area contributed by atoms with Gasteiger partial charge in [0.25, 0.3) is 0 Å². The molecule has 6 heteroatoms. The van der Waals surface area contributed by atoms with Crippen LogP contribution in [0.15, 0.2) is 22.7 Å². The average Bonchev–Trinajstić information content (AvgIpc) is 2.80. The standard InChI is InChI=1S/C13H14BrN3O2/c14-12-5-10(2-1-9(12)8-18)16-3-4-17-11(7-16)6-15-13(17)19/h1-2,5,8,11H,3-4,6-7H2,(H,15,19). The van der Waals surface area contributed by atoms with Gasteiger partial charge in [0.15, 0.2) is 6.29 Å². The number of nitrogens with zero attached hydrogens (tertiary/aromatic N) is 2. The van der Waals surface area contributed by atoms with Crippen LogP contribution in [0.25, 0.3) is 0 Å². The Morgan fingerprint density at radius 1 is 1.37 bits per heavy atom. The molecule has 2 aliphatic rings. The zero-order chi connectivity index (χ0) is 13.4. The second-order valence-electron chi connectivity index (χ2n) is 4.80. The molecule has 1 aromatic carbocycles. The Bertz CT molecular complexity index is 535. The highest BCUT2D eigenvalue weighted by molar-refractivity contribution is 9.10. The van der Waals surface area contributed by atoms with Crippen molar-refractivity contribution >= 4 is 33.9 Å². The fourth-order valence-corrected chi connectivity index (χ4v) is 3.11. The molecule has 0 aromatic heterocycles. The summed E-state index contributed by atoms with van der Waals surface area (Å²) in [6.07, 6.45) is 0.839. The van der Waals surface area contributed by atoms with E-state index in [0.717, 1.165) is 36.1 Å². The number of carbonyl (C=O) groups excluding carboxylic acids is 2. The number of rotatable bonds is 2. The Balaban J connectivity index is 1.78. The number of halogens is 1. The number of urea groups is 1. The van der Waals surface area contributed by atoms with Crippen molar-refractivity contribution < 1.29 is 9.59 Å². The molecule has 0 bridgehead atoms. The van der Waals surface area contributed by atoms with Crippen molar-refractivity contribution in [3.05, 3.63) is 28.2 Å². The van der Waals surface area contributed by atoms with Gasteiger partial charge >= 0.3 is 6.03 Å². The van der Waals surface area contributed by atoms with Crippen molar-refractivity contribution in [3.63, 3.8) is 0 Å². The van der Waals surface area contributed by atoms with Gasteiger partial charge in [-0.3, -0.25) is 4.79 Å². The van der Waals surface area contributed by atoms with Gasteiger partial charge in [-0.15, -0.1) is 0 Å². The van der Waals surface area contributed by atoms with Crippen molar-refractivity contribution in [3.8, 4) is 0 Å². The second kappa shape index (κ2) is 4.85. The number of piperazine rings is 1. The van der Waals surface area contributed by atoms with E-state index in [4.69, 9.17) is 0 Å². The molecule has 2 fully saturated rings. The van der Waals surface area contributed by atoms with Crippen LogP contribution in [-0.2, 0) is 0 Å². The van der Waals surface area contributed by atoms with Crippen molar-refractivity contribution in [1.29, 1.82) is 0 Å². The smallest absolute Gasteiger partial charge is 0.317 e. The number of aldehydes is 1. The summed E-state index contributed by atoms with van der Waals surface area (Å²) in [5, 5.41) is 2.87. The molecule has 0 saturated carbocycles. The molecule has 1 aromatic rings. The van der Waals surface area contributed by atoms with E-state index in [1.54, 1.807) is 0 Å². The van der Waals surface area contributed by atoms with E-state index in [1.807, 2.05) is 23.1 Å². The van der Waals surface area contributed by atoms with Crippen LogP contribution in [0.4, 0.5) is 10.5 Å². The minimum Gasteiger partial charge on any atom is -0.368 e. The van der Waals surface area contributed by atoms with Crippen LogP contribution in [0.2, 0.25) is 0 Å². The summed E-state index contributed by atoms with van der Waals surface area (Å²) < 4.78 is 0.808. The zero-order valence-electron chi connectivity index (χ0n) is 10.3. The Morgan fingerprint density at radius 3 is 2.95 bits per heavy atom. The third-order valence-corrected chi connectivity index (χ3v) is 4.40. The number of amides is 2. The van der Waals surface area contributed by atoms with Gasteiger partial charge in [-0.2, -0.15) is 0 Å². The summed E-state index contributed by atoms with van der Waals surface area (Å²) in [7, 11) is 0. The lowest BCUT2D eigenvalue weighted by molar-refractivity contribution is 0.112. The molecule has 2 aliphatic heterocycles. The first-order valence-corrected chi connectivity index (χ1v) is 7.02. The number of hydrogen-bond donors (Lipinski definition) is 1. The number of hydrogen-bond acceptors (Lipinski definition) is 3. The highest BCUT2D eigenvalue weighted by atomic mass is 79.9. The first kappa shape index (κ1) is 12.5. The minimum atomic E-state index is 0.0436. The van der Waals surface area contributed by atoms with E-state index < -0.39 is 0 Å². The Hall–Kier alpha value is -1.56. The van der Waals surface area contributed by atoms with Gasteiger partial charge in [0.1, 0.15) is 0 Å². The van der Waals surface area contributed by atoms with E-state index in [2.05, 4.69) is 26.1 Å². The van der Waals surface area contributed by atoms with Gasteiger partial charge in [-0.05, 0) is 34.1 Å². The average molecular weight is 324 g/mol. The lowest BCUT2D eigenvalue weighted by Gasteiger charge is -2.37. The highest BCUT2D eigenvalue weighted by Crippen LogP contribution is 2.26. The number of anilines is 1. The minimum absolute atomic E-state index is 0.0436. The van der Waals surface area contributed by atoms with Gasteiger partial charge in [-0.25, -0.2) is 4.79 Å². The number of nitrogens with one attached hydrogen (secondary N) is 1. The van der Waals surface area contributed by atoms with E-state index in [-0.39, 0.29) is 12.1 Å². The molecule has 2 saturated heterocycles. The van der Waals surface area contributed by atoms with E-state index in [9.17, 15) is 9.59 Å². The summed E-state index contributed by atoms with van der Waals surface area (Å²) in [6, 6.07) is 6.02. The molecule has 2 heterocycles. The van der Waals surface area contributed by atoms with E-state index in [0.29, 0.717) is 12.1 Å². The van der Waals surface area contributed by atoms with Crippen molar-refractivity contribution in [2.24, 2.45) is 0 Å². The van der Waals surface area contributed by atoms with Crippen molar-refractivity contribution in [1.82, 2.24) is 10.2 Å². The Labute approximate surface area is 119 Å². The molecule has 1 atom stereocenters. The third-order valence-electron chi connectivity index (χ3n) is 3.71. The fraction of sp³-hybridized carbons (Fsp3) is 0.385. The number of benzene rings is 1. The highest BCUT2D eigenvalue weighted by Gasteiger charge is 2.35. The van der Waals surface area contributed by atoms with Crippen LogP contribution < -0.4 is 10.2 Å². The maximum Gasteiger partial charge on any atom is 0.317 e. The molecule has 2 amide bonds. The van der Waals surface area contributed by atoms with E-state index >= 15 is 0 Å². The van der Waals surface area contributed by atoms with Crippen LogP contribution in [0, 0.1) is 0 Å². The predicted molar refractivity (Wildman–Crippen MR) is 75.6 cm³/mol. The lowest BCUT2D eigenvalue weighted by atomic mass is 10.1. The summed E-state index contributed by atoms with van der Waals surface area (Å²) in [6.45, 7) is 3.09. The maximum absolute atomic E-state index is 11.5. The molecule has 1 unspecified atom stereocenters. The molecule has 3 rings (SSSR count). The molecule has 5 nitrogen and oxygen atoms in total. The number of fused-ring (bicyclic) bond motifs is 1. The topological polar surface area (TPSA) is 52.7 Å². The van der Waals surface area contributed by atoms with Crippen LogP contribution >= 0.6 is 15.9 Å². The quantitative estimate of drug-likeness (QED) is 0.839. The first-order chi connectivity index (χ1) is 9.19. The van der Waals surface area contributed by atoms with Crippen LogP contribution in [0.1, 0.15) is 10.4 Å². The second-order valence-corrected chi connectivity index (χ2v) is 5.66. The summed E-state index contributed by atoms with van der Waals surface area (Å²) in [5.41, 5.74) is 1.73. The maximum atomic E-state index is 11.5. The van der Waals surface area contributed by atoms with E-state index in [1.165, 1.54) is 0 Å².